The van der Waals surface area contributed by atoms with Gasteiger partial charge in [0.05, 0.1) is 49.8 Å². The van der Waals surface area contributed by atoms with Crippen molar-refractivity contribution >= 4 is 45.9 Å². The van der Waals surface area contributed by atoms with Crippen LogP contribution in [0.15, 0.2) is 18.3 Å². The number of pyridine rings is 1. The zero-order valence-electron chi connectivity index (χ0n) is 18.8. The fraction of sp³-hybridized carbons (Fsp3) is 0.435. The second kappa shape index (κ2) is 9.95. The number of anilines is 1. The van der Waals surface area contributed by atoms with Crippen LogP contribution in [-0.4, -0.2) is 68.2 Å². The van der Waals surface area contributed by atoms with E-state index in [4.69, 9.17) is 52.1 Å². The maximum absolute atomic E-state index is 6.66. The predicted molar refractivity (Wildman–Crippen MR) is 131 cm³/mol. The van der Waals surface area contributed by atoms with Crippen LogP contribution in [0.25, 0.3) is 27.5 Å². The quantitative estimate of drug-likeness (QED) is 0.463. The Balaban J connectivity index is 1.60. The van der Waals surface area contributed by atoms with Gasteiger partial charge in [0.25, 0.3) is 0 Å². The van der Waals surface area contributed by atoms with Gasteiger partial charge in [-0.3, -0.25) is 0 Å². The molecule has 1 unspecified atom stereocenters. The van der Waals surface area contributed by atoms with Gasteiger partial charge in [-0.25, -0.2) is 4.98 Å². The number of nitrogens with one attached hydrogen (secondary N) is 1. The van der Waals surface area contributed by atoms with Crippen molar-refractivity contribution in [2.45, 2.75) is 12.5 Å². The molecule has 34 heavy (non-hydrogen) atoms. The Morgan fingerprint density at radius 3 is 2.44 bits per heavy atom. The lowest BCUT2D eigenvalue weighted by Crippen LogP contribution is -2.33. The summed E-state index contributed by atoms with van der Waals surface area (Å²) in [5.74, 6) is 2.28. The van der Waals surface area contributed by atoms with Gasteiger partial charge < -0.3 is 39.5 Å². The summed E-state index contributed by atoms with van der Waals surface area (Å²) in [7, 11) is 3.07. The fourth-order valence-electron chi connectivity index (χ4n) is 3.88. The Morgan fingerprint density at radius 1 is 1.06 bits per heavy atom. The van der Waals surface area contributed by atoms with Crippen molar-refractivity contribution in [1.29, 1.82) is 0 Å². The molecule has 1 atom stereocenters. The molecule has 9 nitrogen and oxygen atoms in total. The van der Waals surface area contributed by atoms with Crippen molar-refractivity contribution in [3.05, 3.63) is 33.7 Å². The Hall–Kier alpha value is -2.59. The lowest BCUT2D eigenvalue weighted by Gasteiger charge is -2.27. The first-order chi connectivity index (χ1) is 16.6. The molecule has 0 amide bonds. The first-order valence-corrected chi connectivity index (χ1v) is 11.7. The summed E-state index contributed by atoms with van der Waals surface area (Å²) in [4.78, 5) is 14.0. The summed E-state index contributed by atoms with van der Waals surface area (Å²) in [5, 5.41) is 9.50. The Bertz CT molecular complexity index is 1170. The van der Waals surface area contributed by atoms with Gasteiger partial charge >= 0.3 is 0 Å². The average Bonchev–Trinajstić information content (AvgIpc) is 3.31. The van der Waals surface area contributed by atoms with E-state index in [1.54, 1.807) is 12.3 Å². The van der Waals surface area contributed by atoms with E-state index in [9.17, 15) is 0 Å². The maximum atomic E-state index is 6.66. The Kier molecular flexibility index (Phi) is 6.78. The van der Waals surface area contributed by atoms with Crippen molar-refractivity contribution in [3.8, 4) is 22.8 Å². The zero-order chi connectivity index (χ0) is 23.7. The van der Waals surface area contributed by atoms with E-state index < -0.39 is 0 Å². The minimum Gasteiger partial charge on any atom is -0.495 e. The van der Waals surface area contributed by atoms with Crippen LogP contribution in [0.5, 0.6) is 11.5 Å². The van der Waals surface area contributed by atoms with Crippen LogP contribution in [-0.2, 0) is 9.47 Å². The Labute approximate surface area is 207 Å². The highest BCUT2D eigenvalue weighted by molar-refractivity contribution is 6.41. The number of hydrogen-bond acceptors (Lipinski definition) is 8. The minimum atomic E-state index is 0.0649. The third-order valence-corrected chi connectivity index (χ3v) is 6.60. The first kappa shape index (κ1) is 23.2. The average molecular weight is 505 g/mol. The standard InChI is InChI=1S/C23H24Cl2N5O4/c1-31-16-6-17(32-2)20(25)18(19(16)24)15-5-13-8-27-23(28-14-3-4-33-11-14)30-21(13)22(29-15)26-7-12-9-34-10-12/h5-6,8,12,14H,3-4,7,9-11H2,1-2H3,(H-,26,27,28,29,30)/q-1. The SMILES string of the molecule is COc1cc(OC)c(Cl)c(-c2cc3cnc([N-]C4CCOC4)nc3c(NCC3COC3)n2)c1Cl. The molecule has 180 valence electrons. The molecule has 2 aliphatic rings. The molecule has 2 aliphatic heterocycles. The van der Waals surface area contributed by atoms with Crippen LogP contribution in [0.3, 0.4) is 0 Å². The van der Waals surface area contributed by atoms with Gasteiger partial charge in [-0.2, -0.15) is 0 Å². The van der Waals surface area contributed by atoms with Gasteiger partial charge in [0.2, 0.25) is 0 Å². The highest BCUT2D eigenvalue weighted by Gasteiger charge is 2.22. The summed E-state index contributed by atoms with van der Waals surface area (Å²) in [5.41, 5.74) is 1.72. The highest BCUT2D eigenvalue weighted by Crippen LogP contribution is 2.46. The zero-order valence-corrected chi connectivity index (χ0v) is 20.3. The predicted octanol–water partition coefficient (Wildman–Crippen LogP) is 4.87. The number of methoxy groups -OCH3 is 2. The molecule has 0 aliphatic carbocycles. The summed E-state index contributed by atoms with van der Waals surface area (Å²) < 4.78 is 21.6. The number of hydrogen-bond donors (Lipinski definition) is 1. The molecule has 1 N–H and O–H groups in total. The summed E-state index contributed by atoms with van der Waals surface area (Å²) >= 11 is 13.3. The molecule has 5 rings (SSSR count). The molecule has 2 saturated heterocycles. The van der Waals surface area contributed by atoms with E-state index in [0.717, 1.165) is 11.8 Å². The molecule has 4 heterocycles. The van der Waals surface area contributed by atoms with Crippen molar-refractivity contribution in [1.82, 2.24) is 15.0 Å². The monoisotopic (exact) mass is 504 g/mol. The lowest BCUT2D eigenvalue weighted by molar-refractivity contribution is -0.0248. The van der Waals surface area contributed by atoms with E-state index in [0.29, 0.717) is 89.0 Å². The summed E-state index contributed by atoms with van der Waals surface area (Å²) in [6.07, 6.45) is 2.60. The number of ether oxygens (including phenoxy) is 4. The van der Waals surface area contributed by atoms with E-state index in [1.807, 2.05) is 6.07 Å². The summed E-state index contributed by atoms with van der Waals surface area (Å²) in [6, 6.07) is 3.56. The lowest BCUT2D eigenvalue weighted by atomic mass is 10.1. The molecule has 0 spiro atoms. The van der Waals surface area contributed by atoms with Crippen LogP contribution in [0.2, 0.25) is 10.0 Å². The van der Waals surface area contributed by atoms with Crippen LogP contribution in [0.1, 0.15) is 6.42 Å². The summed E-state index contributed by atoms with van der Waals surface area (Å²) in [6.45, 7) is 3.41. The molecule has 0 bridgehead atoms. The van der Waals surface area contributed by atoms with Gasteiger partial charge in [0, 0.05) is 48.2 Å². The Morgan fingerprint density at radius 2 is 1.82 bits per heavy atom. The number of rotatable bonds is 8. The normalized spacial score (nSPS) is 18.1. The largest absolute Gasteiger partial charge is 0.495 e. The molecule has 1 aromatic carbocycles. The second-order valence-electron chi connectivity index (χ2n) is 8.18. The number of benzene rings is 1. The first-order valence-electron chi connectivity index (χ1n) is 11.0. The van der Waals surface area contributed by atoms with Gasteiger partial charge in [0.1, 0.15) is 17.3 Å². The van der Waals surface area contributed by atoms with Gasteiger partial charge in [0.15, 0.2) is 0 Å². The number of nitrogens with zero attached hydrogens (tertiary/aromatic N) is 4. The smallest absolute Gasteiger partial charge is 0.141 e. The molecule has 11 heteroatoms. The molecule has 2 fully saturated rings. The van der Waals surface area contributed by atoms with Crippen molar-refractivity contribution in [3.63, 3.8) is 0 Å². The maximum Gasteiger partial charge on any atom is 0.141 e. The van der Waals surface area contributed by atoms with Crippen LogP contribution in [0, 0.1) is 5.92 Å². The van der Waals surface area contributed by atoms with Gasteiger partial charge in [-0.05, 0) is 24.1 Å². The molecule has 3 aromatic rings. The molecular weight excluding hydrogens is 481 g/mol. The van der Waals surface area contributed by atoms with Crippen molar-refractivity contribution in [2.24, 2.45) is 5.92 Å². The number of aromatic nitrogens is 3. The molecular formula is C23H24Cl2N5O4-. The number of fused-ring (bicyclic) bond motifs is 1. The molecule has 0 radical (unpaired) electrons. The van der Waals surface area contributed by atoms with Crippen LogP contribution in [0.4, 0.5) is 11.8 Å². The van der Waals surface area contributed by atoms with Crippen molar-refractivity contribution in [2.75, 3.05) is 52.5 Å². The van der Waals surface area contributed by atoms with Crippen LogP contribution < -0.4 is 14.8 Å². The topological polar surface area (TPSA) is 102 Å². The molecule has 0 saturated carbocycles. The second-order valence-corrected chi connectivity index (χ2v) is 8.93. The number of halogens is 2. The van der Waals surface area contributed by atoms with E-state index in [2.05, 4.69) is 15.6 Å². The minimum absolute atomic E-state index is 0.0649. The van der Waals surface area contributed by atoms with Crippen LogP contribution >= 0.6 is 23.2 Å². The van der Waals surface area contributed by atoms with Gasteiger partial charge in [-0.1, -0.05) is 23.2 Å². The third-order valence-electron chi connectivity index (χ3n) is 5.85. The van der Waals surface area contributed by atoms with E-state index in [1.165, 1.54) is 14.2 Å². The molecule has 2 aromatic heterocycles. The third kappa shape index (κ3) is 4.53. The highest BCUT2D eigenvalue weighted by atomic mass is 35.5. The van der Waals surface area contributed by atoms with Gasteiger partial charge in [-0.15, -0.1) is 0 Å². The van der Waals surface area contributed by atoms with E-state index in [-0.39, 0.29) is 6.04 Å². The fourth-order valence-corrected chi connectivity index (χ4v) is 4.58. The van der Waals surface area contributed by atoms with Crippen molar-refractivity contribution < 1.29 is 18.9 Å². The van der Waals surface area contributed by atoms with E-state index >= 15 is 0 Å².